The molecule has 27 heavy (non-hydrogen) atoms. The summed E-state index contributed by atoms with van der Waals surface area (Å²) in [7, 11) is 0. The number of amides is 1. The second-order valence-electron chi connectivity index (χ2n) is 7.08. The third-order valence-corrected chi connectivity index (χ3v) is 5.31. The van der Waals surface area contributed by atoms with Gasteiger partial charge in [-0.05, 0) is 33.6 Å². The van der Waals surface area contributed by atoms with Crippen LogP contribution < -0.4 is 0 Å². The van der Waals surface area contributed by atoms with Gasteiger partial charge in [-0.3, -0.25) is 14.6 Å². The molecule has 1 unspecified atom stereocenters. The maximum atomic E-state index is 13.0. The van der Waals surface area contributed by atoms with Crippen molar-refractivity contribution in [2.24, 2.45) is 0 Å². The molecule has 1 N–H and O–H groups in total. The second kappa shape index (κ2) is 7.02. The van der Waals surface area contributed by atoms with Crippen molar-refractivity contribution >= 4 is 5.91 Å². The smallest absolute Gasteiger partial charge is 0.257 e. The molecule has 0 bridgehead atoms. The zero-order valence-electron chi connectivity index (χ0n) is 15.9. The molecule has 3 aromatic rings. The minimum atomic E-state index is 0.0495. The van der Waals surface area contributed by atoms with Crippen LogP contribution in [0.2, 0.25) is 0 Å². The molecular weight excluding hydrogens is 344 g/mol. The summed E-state index contributed by atoms with van der Waals surface area (Å²) >= 11 is 0. The highest BCUT2D eigenvalue weighted by atomic mass is 16.5. The topological polar surface area (TPSA) is 92.8 Å². The Morgan fingerprint density at radius 1 is 1.37 bits per heavy atom. The van der Waals surface area contributed by atoms with Crippen molar-refractivity contribution < 1.29 is 9.32 Å². The Labute approximate surface area is 157 Å². The highest BCUT2D eigenvalue weighted by Crippen LogP contribution is 2.33. The molecular formula is C19H24N6O2. The van der Waals surface area contributed by atoms with Crippen LogP contribution >= 0.6 is 0 Å². The Morgan fingerprint density at radius 3 is 2.93 bits per heavy atom. The van der Waals surface area contributed by atoms with Gasteiger partial charge in [0.05, 0.1) is 34.9 Å². The molecule has 4 rings (SSSR count). The standard InChI is InChI=1S/C19H24N6O2/c1-4-25-13(3)15(10-21-25)19(26)24-7-5-6-14(11-24)18-16(9-20-22-18)17-8-12(2)23-27-17/h8-10,14H,4-7,11H2,1-3H3,(H,20,22). The summed E-state index contributed by atoms with van der Waals surface area (Å²) < 4.78 is 7.27. The summed E-state index contributed by atoms with van der Waals surface area (Å²) in [5.74, 6) is 0.945. The van der Waals surface area contributed by atoms with Gasteiger partial charge >= 0.3 is 0 Å². The molecule has 1 atom stereocenters. The molecule has 1 amide bonds. The number of hydrogen-bond donors (Lipinski definition) is 1. The molecule has 1 saturated heterocycles. The van der Waals surface area contributed by atoms with E-state index in [4.69, 9.17) is 4.52 Å². The minimum absolute atomic E-state index is 0.0495. The Bertz CT molecular complexity index is 953. The SMILES string of the molecule is CCn1ncc(C(=O)N2CCCC(c3[nH]ncc3-c3cc(C)no3)C2)c1C. The first-order valence-corrected chi connectivity index (χ1v) is 9.37. The molecule has 0 spiro atoms. The highest BCUT2D eigenvalue weighted by molar-refractivity contribution is 5.95. The number of likely N-dealkylation sites (tertiary alicyclic amines) is 1. The fourth-order valence-corrected chi connectivity index (χ4v) is 3.84. The normalized spacial score (nSPS) is 17.4. The van der Waals surface area contributed by atoms with Crippen molar-refractivity contribution in [1.29, 1.82) is 0 Å². The largest absolute Gasteiger partial charge is 0.356 e. The summed E-state index contributed by atoms with van der Waals surface area (Å²) in [6.45, 7) is 8.04. The first-order chi connectivity index (χ1) is 13.1. The van der Waals surface area contributed by atoms with Crippen molar-refractivity contribution in [2.45, 2.75) is 46.1 Å². The van der Waals surface area contributed by atoms with E-state index in [2.05, 4.69) is 20.5 Å². The van der Waals surface area contributed by atoms with E-state index in [-0.39, 0.29) is 11.8 Å². The first kappa shape index (κ1) is 17.5. The third-order valence-electron chi connectivity index (χ3n) is 5.31. The van der Waals surface area contributed by atoms with E-state index in [0.717, 1.165) is 48.6 Å². The van der Waals surface area contributed by atoms with Gasteiger partial charge < -0.3 is 9.42 Å². The first-order valence-electron chi connectivity index (χ1n) is 9.37. The van der Waals surface area contributed by atoms with Gasteiger partial charge in [-0.15, -0.1) is 0 Å². The number of hydrogen-bond acceptors (Lipinski definition) is 5. The summed E-state index contributed by atoms with van der Waals surface area (Å²) in [5, 5.41) is 15.6. The zero-order valence-corrected chi connectivity index (χ0v) is 15.9. The maximum absolute atomic E-state index is 13.0. The Kier molecular flexibility index (Phi) is 4.55. The number of aryl methyl sites for hydroxylation is 2. The van der Waals surface area contributed by atoms with Crippen LogP contribution in [0.4, 0.5) is 0 Å². The van der Waals surface area contributed by atoms with Crippen molar-refractivity contribution in [1.82, 2.24) is 30.0 Å². The number of nitrogens with zero attached hydrogens (tertiary/aromatic N) is 5. The zero-order chi connectivity index (χ0) is 19.0. The molecule has 0 aliphatic carbocycles. The molecule has 1 aliphatic rings. The van der Waals surface area contributed by atoms with Gasteiger partial charge in [-0.2, -0.15) is 10.2 Å². The fraction of sp³-hybridized carbons (Fsp3) is 0.474. The van der Waals surface area contributed by atoms with Crippen LogP contribution in [-0.2, 0) is 6.54 Å². The predicted octanol–water partition coefficient (Wildman–Crippen LogP) is 2.92. The number of aromatic nitrogens is 5. The molecule has 0 radical (unpaired) electrons. The molecule has 1 fully saturated rings. The van der Waals surface area contributed by atoms with Crippen LogP contribution in [0.15, 0.2) is 23.0 Å². The van der Waals surface area contributed by atoms with Gasteiger partial charge in [0.1, 0.15) is 0 Å². The third kappa shape index (κ3) is 3.15. The van der Waals surface area contributed by atoms with Crippen LogP contribution in [0.5, 0.6) is 0 Å². The molecule has 8 heteroatoms. The Hall–Kier alpha value is -2.90. The van der Waals surface area contributed by atoms with Crippen LogP contribution in [0.25, 0.3) is 11.3 Å². The van der Waals surface area contributed by atoms with Gasteiger partial charge in [0.2, 0.25) is 0 Å². The van der Waals surface area contributed by atoms with Crippen molar-refractivity contribution in [3.05, 3.63) is 41.1 Å². The lowest BCUT2D eigenvalue weighted by Gasteiger charge is -2.32. The van der Waals surface area contributed by atoms with Gasteiger partial charge in [0.25, 0.3) is 5.91 Å². The lowest BCUT2D eigenvalue weighted by Crippen LogP contribution is -2.39. The van der Waals surface area contributed by atoms with E-state index < -0.39 is 0 Å². The summed E-state index contributed by atoms with van der Waals surface area (Å²) in [6.07, 6.45) is 5.40. The van der Waals surface area contributed by atoms with Gasteiger partial charge in [0.15, 0.2) is 5.76 Å². The van der Waals surface area contributed by atoms with Gasteiger partial charge in [0, 0.05) is 37.3 Å². The summed E-state index contributed by atoms with van der Waals surface area (Å²) in [5.41, 5.74) is 4.37. The molecule has 0 aromatic carbocycles. The van der Waals surface area contributed by atoms with Gasteiger partial charge in [-0.25, -0.2) is 0 Å². The number of H-pyrrole nitrogens is 1. The second-order valence-corrected chi connectivity index (χ2v) is 7.08. The van der Waals surface area contributed by atoms with E-state index in [1.807, 2.05) is 36.4 Å². The average Bonchev–Trinajstić information content (AvgIpc) is 3.40. The molecule has 0 saturated carbocycles. The van der Waals surface area contributed by atoms with Crippen LogP contribution in [0.1, 0.15) is 53.1 Å². The number of nitrogens with one attached hydrogen (secondary N) is 1. The molecule has 142 valence electrons. The van der Waals surface area contributed by atoms with Gasteiger partial charge in [-0.1, -0.05) is 5.16 Å². The van der Waals surface area contributed by atoms with E-state index in [9.17, 15) is 4.79 Å². The number of piperidine rings is 1. The Balaban J connectivity index is 1.56. The molecule has 3 aromatic heterocycles. The van der Waals surface area contributed by atoms with Crippen molar-refractivity contribution in [2.75, 3.05) is 13.1 Å². The predicted molar refractivity (Wildman–Crippen MR) is 99.3 cm³/mol. The lowest BCUT2D eigenvalue weighted by atomic mass is 9.91. The Morgan fingerprint density at radius 2 is 2.22 bits per heavy atom. The van der Waals surface area contributed by atoms with Crippen LogP contribution in [0.3, 0.4) is 0 Å². The summed E-state index contributed by atoms with van der Waals surface area (Å²) in [4.78, 5) is 15.0. The average molecular weight is 368 g/mol. The maximum Gasteiger partial charge on any atom is 0.257 e. The number of aromatic amines is 1. The monoisotopic (exact) mass is 368 g/mol. The highest BCUT2D eigenvalue weighted by Gasteiger charge is 2.30. The number of rotatable bonds is 4. The number of carbonyl (C=O) groups excluding carboxylic acids is 1. The van der Waals surface area contributed by atoms with Crippen molar-refractivity contribution in [3.63, 3.8) is 0 Å². The van der Waals surface area contributed by atoms with E-state index in [1.165, 1.54) is 0 Å². The minimum Gasteiger partial charge on any atom is -0.356 e. The van der Waals surface area contributed by atoms with E-state index >= 15 is 0 Å². The van der Waals surface area contributed by atoms with Crippen molar-refractivity contribution in [3.8, 4) is 11.3 Å². The van der Waals surface area contributed by atoms with E-state index in [1.54, 1.807) is 12.4 Å². The molecule has 1 aliphatic heterocycles. The van der Waals surface area contributed by atoms with Crippen LogP contribution in [-0.4, -0.2) is 49.0 Å². The van der Waals surface area contributed by atoms with E-state index in [0.29, 0.717) is 17.9 Å². The lowest BCUT2D eigenvalue weighted by molar-refractivity contribution is 0.0705. The number of carbonyl (C=O) groups is 1. The quantitative estimate of drug-likeness (QED) is 0.764. The molecule has 8 nitrogen and oxygen atoms in total. The summed E-state index contributed by atoms with van der Waals surface area (Å²) in [6, 6.07) is 1.91. The molecule has 4 heterocycles. The van der Waals surface area contributed by atoms with Crippen LogP contribution in [0, 0.1) is 13.8 Å². The fourth-order valence-electron chi connectivity index (χ4n) is 3.84.